The zero-order valence-electron chi connectivity index (χ0n) is 11.9. The summed E-state index contributed by atoms with van der Waals surface area (Å²) in [5, 5.41) is 16.2. The molecule has 0 aliphatic carbocycles. The van der Waals surface area contributed by atoms with Crippen LogP contribution in [0.1, 0.15) is 19.6 Å². The Hall–Kier alpha value is -2.51. The Morgan fingerprint density at radius 2 is 1.95 bits per heavy atom. The molecule has 8 nitrogen and oxygen atoms in total. The van der Waals surface area contributed by atoms with E-state index in [2.05, 4.69) is 16.0 Å². The second-order valence-electron chi connectivity index (χ2n) is 5.08. The number of aliphatic carboxylic acids is 1. The Balaban J connectivity index is 2.20. The molecular formula is C13H19N3O5. The van der Waals surface area contributed by atoms with E-state index in [9.17, 15) is 14.4 Å². The first-order valence-corrected chi connectivity index (χ1v) is 6.35. The summed E-state index contributed by atoms with van der Waals surface area (Å²) in [7, 11) is 0. The van der Waals surface area contributed by atoms with Gasteiger partial charge in [0.1, 0.15) is 5.76 Å². The van der Waals surface area contributed by atoms with Gasteiger partial charge < -0.3 is 25.5 Å². The summed E-state index contributed by atoms with van der Waals surface area (Å²) in [5.41, 5.74) is -1.06. The molecule has 0 unspecified atom stereocenters. The second kappa shape index (κ2) is 7.32. The number of furan rings is 1. The van der Waals surface area contributed by atoms with Crippen LogP contribution < -0.4 is 16.0 Å². The van der Waals surface area contributed by atoms with E-state index >= 15 is 0 Å². The molecule has 0 saturated heterocycles. The lowest BCUT2D eigenvalue weighted by Crippen LogP contribution is -2.45. The maximum Gasteiger partial charge on any atom is 0.315 e. The molecule has 8 heteroatoms. The number of amides is 3. The molecule has 1 rings (SSSR count). The molecule has 0 atom stereocenters. The van der Waals surface area contributed by atoms with E-state index in [1.165, 1.54) is 20.1 Å². The van der Waals surface area contributed by atoms with E-state index in [1.807, 2.05) is 0 Å². The zero-order chi connectivity index (χ0) is 15.9. The van der Waals surface area contributed by atoms with Crippen LogP contribution in [0, 0.1) is 5.41 Å². The van der Waals surface area contributed by atoms with Crippen molar-refractivity contribution in [2.75, 3.05) is 13.1 Å². The largest absolute Gasteiger partial charge is 0.481 e. The summed E-state index contributed by atoms with van der Waals surface area (Å²) in [4.78, 5) is 33.8. The fourth-order valence-corrected chi connectivity index (χ4v) is 1.26. The van der Waals surface area contributed by atoms with Crippen LogP contribution >= 0.6 is 0 Å². The maximum atomic E-state index is 11.5. The Labute approximate surface area is 121 Å². The fraction of sp³-hybridized carbons (Fsp3) is 0.462. The molecular weight excluding hydrogens is 278 g/mol. The van der Waals surface area contributed by atoms with Crippen LogP contribution in [0.2, 0.25) is 0 Å². The summed E-state index contributed by atoms with van der Waals surface area (Å²) >= 11 is 0. The Kier molecular flexibility index (Phi) is 5.77. The smallest absolute Gasteiger partial charge is 0.315 e. The minimum Gasteiger partial charge on any atom is -0.481 e. The normalized spacial score (nSPS) is 10.8. The Morgan fingerprint density at radius 3 is 2.52 bits per heavy atom. The van der Waals surface area contributed by atoms with Crippen molar-refractivity contribution >= 4 is 17.9 Å². The van der Waals surface area contributed by atoms with E-state index in [-0.39, 0.29) is 19.6 Å². The number of rotatable bonds is 7. The van der Waals surface area contributed by atoms with E-state index in [4.69, 9.17) is 9.52 Å². The molecule has 1 heterocycles. The van der Waals surface area contributed by atoms with E-state index in [0.717, 1.165) is 0 Å². The van der Waals surface area contributed by atoms with Gasteiger partial charge >= 0.3 is 12.0 Å². The van der Waals surface area contributed by atoms with Crippen molar-refractivity contribution in [1.82, 2.24) is 16.0 Å². The van der Waals surface area contributed by atoms with Crippen molar-refractivity contribution in [2.45, 2.75) is 20.4 Å². The number of hydrogen-bond acceptors (Lipinski definition) is 4. The number of carbonyl (C=O) groups excluding carboxylic acids is 2. The predicted octanol–water partition coefficient (Wildman–Crippen LogP) is 0.306. The number of carboxylic acid groups (broad SMARTS) is 1. The van der Waals surface area contributed by atoms with Crippen LogP contribution in [-0.4, -0.2) is 36.1 Å². The van der Waals surface area contributed by atoms with Gasteiger partial charge in [-0.2, -0.15) is 0 Å². The lowest BCUT2D eigenvalue weighted by Gasteiger charge is -2.19. The predicted molar refractivity (Wildman–Crippen MR) is 73.4 cm³/mol. The van der Waals surface area contributed by atoms with Crippen LogP contribution in [0.3, 0.4) is 0 Å². The van der Waals surface area contributed by atoms with Crippen LogP contribution in [0.25, 0.3) is 0 Å². The SMILES string of the molecule is CC(C)(CNC(=O)CNC(=O)NCc1ccco1)C(=O)O. The molecule has 1 aromatic rings. The third kappa shape index (κ3) is 5.98. The molecule has 116 valence electrons. The second-order valence-corrected chi connectivity index (χ2v) is 5.08. The highest BCUT2D eigenvalue weighted by Gasteiger charge is 2.27. The number of carbonyl (C=O) groups is 3. The van der Waals surface area contributed by atoms with Gasteiger partial charge in [0.25, 0.3) is 0 Å². The van der Waals surface area contributed by atoms with Gasteiger partial charge in [-0.15, -0.1) is 0 Å². The first kappa shape index (κ1) is 16.5. The molecule has 0 bridgehead atoms. The van der Waals surface area contributed by atoms with Crippen molar-refractivity contribution in [2.24, 2.45) is 5.41 Å². The standard InChI is InChI=1S/C13H19N3O5/c1-13(2,11(18)19)8-16-10(17)7-15-12(20)14-6-9-4-3-5-21-9/h3-5H,6-8H2,1-2H3,(H,16,17)(H,18,19)(H2,14,15,20). The topological polar surface area (TPSA) is 121 Å². The summed E-state index contributed by atoms with van der Waals surface area (Å²) in [6, 6.07) is 2.90. The Morgan fingerprint density at radius 1 is 1.24 bits per heavy atom. The fourth-order valence-electron chi connectivity index (χ4n) is 1.26. The van der Waals surface area contributed by atoms with Crippen LogP contribution in [-0.2, 0) is 16.1 Å². The molecule has 0 spiro atoms. The van der Waals surface area contributed by atoms with Crippen molar-refractivity contribution in [3.8, 4) is 0 Å². The van der Waals surface area contributed by atoms with Gasteiger partial charge in [0, 0.05) is 6.54 Å². The summed E-state index contributed by atoms with van der Waals surface area (Å²) < 4.78 is 5.03. The summed E-state index contributed by atoms with van der Waals surface area (Å²) in [6.07, 6.45) is 1.49. The van der Waals surface area contributed by atoms with Crippen molar-refractivity contribution in [1.29, 1.82) is 0 Å². The monoisotopic (exact) mass is 297 g/mol. The highest BCUT2D eigenvalue weighted by atomic mass is 16.4. The first-order valence-electron chi connectivity index (χ1n) is 6.35. The number of urea groups is 1. The summed E-state index contributed by atoms with van der Waals surface area (Å²) in [6.45, 7) is 2.96. The minimum atomic E-state index is -1.06. The third-order valence-corrected chi connectivity index (χ3v) is 2.72. The molecule has 3 amide bonds. The van der Waals surface area contributed by atoms with Crippen LogP contribution in [0.5, 0.6) is 0 Å². The number of hydrogen-bond donors (Lipinski definition) is 4. The maximum absolute atomic E-state index is 11.5. The van der Waals surface area contributed by atoms with Crippen LogP contribution in [0.15, 0.2) is 22.8 Å². The molecule has 0 radical (unpaired) electrons. The van der Waals surface area contributed by atoms with E-state index in [1.54, 1.807) is 12.1 Å². The molecule has 4 N–H and O–H groups in total. The molecule has 0 fully saturated rings. The van der Waals surface area contributed by atoms with Gasteiger partial charge in [-0.25, -0.2) is 4.79 Å². The van der Waals surface area contributed by atoms with Crippen molar-refractivity contribution in [3.05, 3.63) is 24.2 Å². The lowest BCUT2D eigenvalue weighted by molar-refractivity contribution is -0.146. The van der Waals surface area contributed by atoms with Gasteiger partial charge in [0.15, 0.2) is 0 Å². The average molecular weight is 297 g/mol. The first-order chi connectivity index (χ1) is 9.81. The lowest BCUT2D eigenvalue weighted by atomic mass is 9.94. The van der Waals surface area contributed by atoms with Crippen LogP contribution in [0.4, 0.5) is 4.79 Å². The van der Waals surface area contributed by atoms with E-state index < -0.39 is 23.3 Å². The Bertz CT molecular complexity index is 496. The quantitative estimate of drug-likeness (QED) is 0.577. The molecule has 0 aromatic carbocycles. The van der Waals surface area contributed by atoms with Gasteiger partial charge in [-0.1, -0.05) is 0 Å². The highest BCUT2D eigenvalue weighted by Crippen LogP contribution is 2.12. The number of carboxylic acids is 1. The third-order valence-electron chi connectivity index (χ3n) is 2.72. The minimum absolute atomic E-state index is 0.0170. The molecule has 1 aromatic heterocycles. The van der Waals surface area contributed by atoms with Gasteiger partial charge in [-0.05, 0) is 26.0 Å². The van der Waals surface area contributed by atoms with Gasteiger partial charge in [0.2, 0.25) is 5.91 Å². The average Bonchev–Trinajstić information content (AvgIpc) is 2.93. The highest BCUT2D eigenvalue weighted by molar-refractivity contribution is 5.84. The molecule has 0 saturated carbocycles. The van der Waals surface area contributed by atoms with Gasteiger partial charge in [-0.3, -0.25) is 9.59 Å². The van der Waals surface area contributed by atoms with E-state index in [0.29, 0.717) is 5.76 Å². The van der Waals surface area contributed by atoms with Crippen molar-refractivity contribution < 1.29 is 23.9 Å². The molecule has 0 aliphatic heterocycles. The number of nitrogens with one attached hydrogen (secondary N) is 3. The van der Waals surface area contributed by atoms with Gasteiger partial charge in [0.05, 0.1) is 24.8 Å². The van der Waals surface area contributed by atoms with Crippen molar-refractivity contribution in [3.63, 3.8) is 0 Å². The molecule has 0 aliphatic rings. The molecule has 21 heavy (non-hydrogen) atoms. The zero-order valence-corrected chi connectivity index (χ0v) is 11.9. The summed E-state index contributed by atoms with van der Waals surface area (Å²) in [5.74, 6) is -0.873.